The number of rotatable bonds is 1. The third kappa shape index (κ3) is 1.74. The molecule has 0 aliphatic carbocycles. The van der Waals surface area contributed by atoms with E-state index in [0.29, 0.717) is 6.54 Å². The van der Waals surface area contributed by atoms with Crippen molar-refractivity contribution >= 4 is 21.2 Å². The maximum Gasteiger partial charge on any atom is 0.209 e. The molecule has 1 N–H and O–H groups in total. The summed E-state index contributed by atoms with van der Waals surface area (Å²) in [6.07, 6.45) is 2.09. The van der Waals surface area contributed by atoms with Crippen LogP contribution in [0.1, 0.15) is 10.6 Å². The first-order valence-corrected chi connectivity index (χ1v) is 6.67. The van der Waals surface area contributed by atoms with E-state index in [1.807, 2.05) is 0 Å². The van der Waals surface area contributed by atoms with E-state index in [1.54, 1.807) is 0 Å². The van der Waals surface area contributed by atoms with E-state index in [0.717, 1.165) is 23.5 Å². The van der Waals surface area contributed by atoms with Gasteiger partial charge in [0, 0.05) is 24.2 Å². The van der Waals surface area contributed by atoms with Gasteiger partial charge in [-0.1, -0.05) is 0 Å². The molecular formula is C7H10N2O2S2. The average Bonchev–Trinajstić information content (AvgIpc) is 2.45. The van der Waals surface area contributed by atoms with Gasteiger partial charge in [-0.05, 0) is 6.42 Å². The van der Waals surface area contributed by atoms with Crippen LogP contribution in [0.5, 0.6) is 0 Å². The fourth-order valence-electron chi connectivity index (χ4n) is 1.26. The van der Waals surface area contributed by atoms with E-state index in [1.165, 1.54) is 17.6 Å². The molecule has 0 atom stereocenters. The number of sulfone groups is 1. The van der Waals surface area contributed by atoms with E-state index in [4.69, 9.17) is 0 Å². The molecule has 72 valence electrons. The predicted molar refractivity (Wildman–Crippen MR) is 50.6 cm³/mol. The maximum atomic E-state index is 11.2. The molecule has 0 bridgehead atoms. The lowest BCUT2D eigenvalue weighted by molar-refractivity contribution is 0.598. The van der Waals surface area contributed by atoms with Gasteiger partial charge in [0.05, 0.1) is 5.69 Å². The fraction of sp³-hybridized carbons (Fsp3) is 0.571. The van der Waals surface area contributed by atoms with Crippen molar-refractivity contribution in [1.82, 2.24) is 10.3 Å². The third-order valence-electron chi connectivity index (χ3n) is 1.90. The summed E-state index contributed by atoms with van der Waals surface area (Å²) in [5.74, 6) is 0. The van der Waals surface area contributed by atoms with Crippen LogP contribution in [-0.4, -0.2) is 26.2 Å². The van der Waals surface area contributed by atoms with Gasteiger partial charge in [-0.3, -0.25) is 0 Å². The first-order valence-electron chi connectivity index (χ1n) is 3.97. The van der Waals surface area contributed by atoms with Crippen molar-refractivity contribution in [2.75, 3.05) is 12.8 Å². The zero-order valence-corrected chi connectivity index (χ0v) is 8.83. The second-order valence-electron chi connectivity index (χ2n) is 3.05. The van der Waals surface area contributed by atoms with Crippen molar-refractivity contribution in [3.05, 3.63) is 10.6 Å². The molecule has 1 aromatic rings. The molecule has 0 unspecified atom stereocenters. The van der Waals surface area contributed by atoms with Crippen LogP contribution in [0, 0.1) is 0 Å². The van der Waals surface area contributed by atoms with Crippen LogP contribution < -0.4 is 5.32 Å². The van der Waals surface area contributed by atoms with Gasteiger partial charge in [-0.2, -0.15) is 0 Å². The van der Waals surface area contributed by atoms with Crippen LogP contribution in [0.25, 0.3) is 0 Å². The molecule has 0 fully saturated rings. The lowest BCUT2D eigenvalue weighted by Gasteiger charge is -2.09. The highest BCUT2D eigenvalue weighted by molar-refractivity contribution is 7.92. The van der Waals surface area contributed by atoms with Crippen LogP contribution in [0.4, 0.5) is 0 Å². The molecule has 0 amide bonds. The number of hydrogen-bond acceptors (Lipinski definition) is 5. The molecule has 6 heteroatoms. The summed E-state index contributed by atoms with van der Waals surface area (Å²) < 4.78 is 22.6. The molecule has 4 nitrogen and oxygen atoms in total. The molecule has 1 aliphatic rings. The first kappa shape index (κ1) is 9.11. The summed E-state index contributed by atoms with van der Waals surface area (Å²) in [6, 6.07) is 0. The summed E-state index contributed by atoms with van der Waals surface area (Å²) in [6.45, 7) is 1.61. The summed E-state index contributed by atoms with van der Waals surface area (Å²) in [5, 5.41) is 3.16. The lowest BCUT2D eigenvalue weighted by Crippen LogP contribution is -2.22. The van der Waals surface area contributed by atoms with Crippen molar-refractivity contribution in [2.45, 2.75) is 17.3 Å². The van der Waals surface area contributed by atoms with Crippen LogP contribution >= 0.6 is 11.3 Å². The Morgan fingerprint density at radius 1 is 1.54 bits per heavy atom. The van der Waals surface area contributed by atoms with Crippen LogP contribution in [0.15, 0.2) is 4.34 Å². The molecule has 1 aliphatic heterocycles. The Morgan fingerprint density at radius 3 is 2.92 bits per heavy atom. The number of fused-ring (bicyclic) bond motifs is 1. The van der Waals surface area contributed by atoms with E-state index in [-0.39, 0.29) is 4.34 Å². The summed E-state index contributed by atoms with van der Waals surface area (Å²) in [5.41, 5.74) is 0.900. The van der Waals surface area contributed by atoms with Crippen molar-refractivity contribution < 1.29 is 8.42 Å². The number of nitrogens with zero attached hydrogens (tertiary/aromatic N) is 1. The van der Waals surface area contributed by atoms with Crippen molar-refractivity contribution in [3.63, 3.8) is 0 Å². The number of aromatic nitrogens is 1. The zero-order valence-electron chi connectivity index (χ0n) is 7.20. The zero-order chi connectivity index (χ0) is 9.47. The van der Waals surface area contributed by atoms with Gasteiger partial charge in [0.15, 0.2) is 0 Å². The third-order valence-corrected chi connectivity index (χ3v) is 4.73. The van der Waals surface area contributed by atoms with Crippen LogP contribution in [0.2, 0.25) is 0 Å². The van der Waals surface area contributed by atoms with Gasteiger partial charge < -0.3 is 5.32 Å². The number of hydrogen-bond donors (Lipinski definition) is 1. The average molecular weight is 218 g/mol. The normalized spacial score (nSPS) is 17.0. The summed E-state index contributed by atoms with van der Waals surface area (Å²) in [4.78, 5) is 5.20. The highest BCUT2D eigenvalue weighted by Gasteiger charge is 2.19. The van der Waals surface area contributed by atoms with Crippen molar-refractivity contribution in [1.29, 1.82) is 0 Å². The molecule has 0 saturated heterocycles. The molecule has 13 heavy (non-hydrogen) atoms. The van der Waals surface area contributed by atoms with Gasteiger partial charge in [0.1, 0.15) is 0 Å². The Bertz CT molecular complexity index is 398. The van der Waals surface area contributed by atoms with Crippen molar-refractivity contribution in [2.24, 2.45) is 0 Å². The molecule has 2 rings (SSSR count). The lowest BCUT2D eigenvalue weighted by atomic mass is 10.2. The Kier molecular flexibility index (Phi) is 2.13. The molecule has 0 radical (unpaired) electrons. The highest BCUT2D eigenvalue weighted by atomic mass is 32.2. The Hall–Kier alpha value is -0.460. The van der Waals surface area contributed by atoms with E-state index < -0.39 is 9.84 Å². The van der Waals surface area contributed by atoms with E-state index in [9.17, 15) is 8.42 Å². The van der Waals surface area contributed by atoms with Gasteiger partial charge >= 0.3 is 0 Å². The highest BCUT2D eigenvalue weighted by Crippen LogP contribution is 2.24. The molecule has 2 heterocycles. The second kappa shape index (κ2) is 3.04. The van der Waals surface area contributed by atoms with Gasteiger partial charge in [-0.15, -0.1) is 11.3 Å². The smallest absolute Gasteiger partial charge is 0.209 e. The number of thiazole rings is 1. The van der Waals surface area contributed by atoms with Crippen LogP contribution in [0.3, 0.4) is 0 Å². The predicted octanol–water partition coefficient (Wildman–Crippen LogP) is 0.192. The van der Waals surface area contributed by atoms with Gasteiger partial charge in [0.25, 0.3) is 0 Å². The largest absolute Gasteiger partial charge is 0.311 e. The molecule has 1 aromatic heterocycles. The Labute approximate surface area is 80.9 Å². The summed E-state index contributed by atoms with van der Waals surface area (Å²) in [7, 11) is -3.12. The first-order chi connectivity index (χ1) is 6.07. The SMILES string of the molecule is CS(=O)(=O)c1nc2c(s1)CCNC2. The topological polar surface area (TPSA) is 59.1 Å². The molecule has 0 spiro atoms. The monoisotopic (exact) mass is 218 g/mol. The minimum atomic E-state index is -3.12. The standard InChI is InChI=1S/C7H10N2O2S2/c1-13(10,11)7-9-5-4-8-3-2-6(5)12-7/h8H,2-4H2,1H3. The van der Waals surface area contributed by atoms with E-state index in [2.05, 4.69) is 10.3 Å². The van der Waals surface area contributed by atoms with Crippen molar-refractivity contribution in [3.8, 4) is 0 Å². The second-order valence-corrected chi connectivity index (χ2v) is 6.32. The minimum Gasteiger partial charge on any atom is -0.311 e. The van der Waals surface area contributed by atoms with E-state index >= 15 is 0 Å². The Balaban J connectivity index is 2.47. The summed E-state index contributed by atoms with van der Waals surface area (Å²) >= 11 is 1.30. The quantitative estimate of drug-likeness (QED) is 0.731. The molecular weight excluding hydrogens is 208 g/mol. The fourth-order valence-corrected chi connectivity index (χ4v) is 3.25. The molecule has 0 saturated carbocycles. The minimum absolute atomic E-state index is 0.251. The van der Waals surface area contributed by atoms with Gasteiger partial charge in [0.2, 0.25) is 14.2 Å². The van der Waals surface area contributed by atoms with Gasteiger partial charge in [-0.25, -0.2) is 13.4 Å². The van der Waals surface area contributed by atoms with Crippen LogP contribution in [-0.2, 0) is 22.8 Å². The number of nitrogens with one attached hydrogen (secondary N) is 1. The Morgan fingerprint density at radius 2 is 2.31 bits per heavy atom. The maximum absolute atomic E-state index is 11.2. The molecule has 0 aromatic carbocycles.